The molecule has 3 aromatic rings. The van der Waals surface area contributed by atoms with Crippen LogP contribution in [0.4, 0.5) is 0 Å². The number of fused-ring (bicyclic) bond motifs is 1. The number of nitrogens with one attached hydrogen (secondary N) is 1. The highest BCUT2D eigenvalue weighted by Crippen LogP contribution is 2.43. The normalized spacial score (nSPS) is 12.8. The maximum atomic E-state index is 9.22. The summed E-state index contributed by atoms with van der Waals surface area (Å²) in [6, 6.07) is 14.0. The molecule has 0 spiro atoms. The first-order valence-electron chi connectivity index (χ1n) is 5.52. The first kappa shape index (κ1) is 12.1. The van der Waals surface area contributed by atoms with Crippen molar-refractivity contribution in [3.8, 4) is 5.69 Å². The van der Waals surface area contributed by atoms with Gasteiger partial charge < -0.3 is 13.7 Å². The highest BCUT2D eigenvalue weighted by molar-refractivity contribution is 8.19. The molecule has 2 aromatic carbocycles. The molecule has 0 unspecified atom stereocenters. The largest absolute Gasteiger partial charge is 0.304 e. The molecule has 0 saturated heterocycles. The molecule has 0 aliphatic rings. The zero-order chi connectivity index (χ0) is 13.5. The third-order valence-corrected chi connectivity index (χ3v) is 3.61. The van der Waals surface area contributed by atoms with Crippen molar-refractivity contribution in [3.63, 3.8) is 0 Å². The minimum absolute atomic E-state index is 0.0479. The SMILES string of the molecule is OS(O)(O)c1ccc2[nH+]n(-c3ccccc3)nc2c1. The van der Waals surface area contributed by atoms with Crippen LogP contribution in [-0.4, -0.2) is 23.6 Å². The zero-order valence-corrected chi connectivity index (χ0v) is 10.6. The Labute approximate surface area is 110 Å². The molecule has 1 aromatic heterocycles. The summed E-state index contributed by atoms with van der Waals surface area (Å²) >= 11 is 0. The molecule has 3 rings (SSSR count). The number of benzene rings is 2. The van der Waals surface area contributed by atoms with E-state index >= 15 is 0 Å². The molecule has 0 amide bonds. The Bertz CT molecular complexity index is 722. The fourth-order valence-electron chi connectivity index (χ4n) is 1.80. The van der Waals surface area contributed by atoms with E-state index in [4.69, 9.17) is 0 Å². The molecule has 98 valence electrons. The van der Waals surface area contributed by atoms with Crippen molar-refractivity contribution in [2.24, 2.45) is 0 Å². The molecule has 0 bridgehead atoms. The smallest absolute Gasteiger partial charge is 0.250 e. The molecular formula is C12H12N3O3S+. The predicted molar refractivity (Wildman–Crippen MR) is 71.4 cm³/mol. The summed E-state index contributed by atoms with van der Waals surface area (Å²) in [4.78, 5) is 1.63. The second-order valence-corrected chi connectivity index (χ2v) is 5.57. The molecule has 0 fully saturated rings. The van der Waals surface area contributed by atoms with Crippen LogP contribution in [0.5, 0.6) is 0 Å². The third kappa shape index (κ3) is 2.32. The predicted octanol–water partition coefficient (Wildman–Crippen LogP) is 2.42. The minimum atomic E-state index is -3.71. The first-order chi connectivity index (χ1) is 9.04. The molecular weight excluding hydrogens is 266 g/mol. The van der Waals surface area contributed by atoms with Crippen molar-refractivity contribution in [3.05, 3.63) is 48.5 Å². The van der Waals surface area contributed by atoms with Gasteiger partial charge in [-0.15, -0.1) is 0 Å². The van der Waals surface area contributed by atoms with Gasteiger partial charge in [0, 0.05) is 6.07 Å². The Kier molecular flexibility index (Phi) is 2.76. The average molecular weight is 278 g/mol. The van der Waals surface area contributed by atoms with Crippen molar-refractivity contribution in [2.75, 3.05) is 0 Å². The van der Waals surface area contributed by atoms with E-state index in [2.05, 4.69) is 10.2 Å². The second kappa shape index (κ2) is 4.32. The third-order valence-electron chi connectivity index (χ3n) is 2.72. The van der Waals surface area contributed by atoms with E-state index in [1.807, 2.05) is 30.3 Å². The van der Waals surface area contributed by atoms with Gasteiger partial charge in [0.25, 0.3) is 5.52 Å². The van der Waals surface area contributed by atoms with Crippen molar-refractivity contribution >= 4 is 21.9 Å². The molecule has 7 heteroatoms. The molecule has 1 heterocycles. The van der Waals surface area contributed by atoms with E-state index in [0.717, 1.165) is 11.2 Å². The minimum Gasteiger partial charge on any atom is -0.304 e. The summed E-state index contributed by atoms with van der Waals surface area (Å²) < 4.78 is 27.7. The van der Waals surface area contributed by atoms with E-state index in [0.29, 0.717) is 5.52 Å². The zero-order valence-electron chi connectivity index (χ0n) is 9.76. The Morgan fingerprint density at radius 2 is 1.74 bits per heavy atom. The number of H-pyrrole nitrogens is 1. The number of aromatic nitrogens is 3. The average Bonchev–Trinajstić information content (AvgIpc) is 2.81. The van der Waals surface area contributed by atoms with Gasteiger partial charge in [0.2, 0.25) is 0 Å². The summed E-state index contributed by atoms with van der Waals surface area (Å²) in [5.74, 6) is 0. The van der Waals surface area contributed by atoms with Crippen molar-refractivity contribution in [1.29, 1.82) is 0 Å². The number of nitrogens with zero attached hydrogens (tertiary/aromatic N) is 2. The molecule has 0 aliphatic carbocycles. The molecule has 19 heavy (non-hydrogen) atoms. The molecule has 0 atom stereocenters. The van der Waals surface area contributed by atoms with Gasteiger partial charge >= 0.3 is 0 Å². The van der Waals surface area contributed by atoms with E-state index in [1.54, 1.807) is 10.9 Å². The van der Waals surface area contributed by atoms with Gasteiger partial charge in [0.05, 0.1) is 9.99 Å². The van der Waals surface area contributed by atoms with Gasteiger partial charge in [-0.1, -0.05) is 18.2 Å². The molecule has 4 N–H and O–H groups in total. The lowest BCUT2D eigenvalue weighted by Crippen LogP contribution is -2.17. The van der Waals surface area contributed by atoms with Crippen LogP contribution in [-0.2, 0) is 0 Å². The van der Waals surface area contributed by atoms with Gasteiger partial charge in [0.15, 0.2) is 5.52 Å². The van der Waals surface area contributed by atoms with Gasteiger partial charge in [-0.2, -0.15) is 5.10 Å². The standard InChI is InChI=1S/C12H11N3O3S/c16-19(17,18)10-6-7-11-12(8-10)14-15(13-11)9-4-2-1-3-5-9/h1-8,16-18H/p+1. The lowest BCUT2D eigenvalue weighted by atomic mass is 10.3. The quantitative estimate of drug-likeness (QED) is 0.671. The van der Waals surface area contributed by atoms with E-state index in [1.165, 1.54) is 12.1 Å². The molecule has 0 radical (unpaired) electrons. The van der Waals surface area contributed by atoms with Crippen LogP contribution < -0.4 is 5.10 Å². The monoisotopic (exact) mass is 278 g/mol. The van der Waals surface area contributed by atoms with Crippen LogP contribution in [0.3, 0.4) is 0 Å². The van der Waals surface area contributed by atoms with E-state index < -0.39 is 10.9 Å². The van der Waals surface area contributed by atoms with Crippen LogP contribution in [0.25, 0.3) is 16.7 Å². The number of rotatable bonds is 2. The molecule has 0 aliphatic heterocycles. The lowest BCUT2D eigenvalue weighted by molar-refractivity contribution is -0.454. The van der Waals surface area contributed by atoms with Crippen LogP contribution >= 0.6 is 10.9 Å². The number of aromatic amines is 1. The maximum Gasteiger partial charge on any atom is 0.250 e. The van der Waals surface area contributed by atoms with Crippen LogP contribution in [0.1, 0.15) is 0 Å². The summed E-state index contributed by atoms with van der Waals surface area (Å²) in [7, 11) is -3.71. The summed E-state index contributed by atoms with van der Waals surface area (Å²) in [5, 5.41) is 7.36. The Morgan fingerprint density at radius 3 is 2.42 bits per heavy atom. The van der Waals surface area contributed by atoms with Gasteiger partial charge in [-0.05, 0) is 29.1 Å². The Balaban J connectivity index is 2.12. The fourth-order valence-corrected chi connectivity index (χ4v) is 2.32. The molecule has 0 saturated carbocycles. The van der Waals surface area contributed by atoms with Gasteiger partial charge in [-0.3, -0.25) is 0 Å². The Morgan fingerprint density at radius 1 is 1.00 bits per heavy atom. The topological polar surface area (TPSA) is 92.6 Å². The highest BCUT2D eigenvalue weighted by Gasteiger charge is 2.20. The van der Waals surface area contributed by atoms with Crippen molar-refractivity contribution in [1.82, 2.24) is 9.90 Å². The highest BCUT2D eigenvalue weighted by atomic mass is 32.3. The van der Waals surface area contributed by atoms with Gasteiger partial charge in [0.1, 0.15) is 16.6 Å². The number of hydrogen-bond acceptors (Lipinski definition) is 4. The van der Waals surface area contributed by atoms with E-state index in [9.17, 15) is 13.7 Å². The van der Waals surface area contributed by atoms with Crippen LogP contribution in [0, 0.1) is 0 Å². The van der Waals surface area contributed by atoms with Crippen LogP contribution in [0.15, 0.2) is 53.4 Å². The van der Waals surface area contributed by atoms with Crippen molar-refractivity contribution in [2.45, 2.75) is 4.90 Å². The number of para-hydroxylation sites is 1. The van der Waals surface area contributed by atoms with Crippen LogP contribution in [0.2, 0.25) is 0 Å². The van der Waals surface area contributed by atoms with E-state index in [-0.39, 0.29) is 4.90 Å². The van der Waals surface area contributed by atoms with Gasteiger partial charge in [-0.25, -0.2) is 0 Å². The maximum absolute atomic E-state index is 9.22. The van der Waals surface area contributed by atoms with Crippen molar-refractivity contribution < 1.29 is 18.8 Å². The lowest BCUT2D eigenvalue weighted by Gasteiger charge is -2.17. The number of hydrogen-bond donors (Lipinski definition) is 3. The summed E-state index contributed by atoms with van der Waals surface area (Å²) in [5.41, 5.74) is 2.13. The summed E-state index contributed by atoms with van der Waals surface area (Å²) in [6.45, 7) is 0. The Hall–Kier alpha value is -1.93. The first-order valence-corrected chi connectivity index (χ1v) is 7.03. The second-order valence-electron chi connectivity index (χ2n) is 4.06. The molecule has 6 nitrogen and oxygen atoms in total. The fraction of sp³-hybridized carbons (Fsp3) is 0. The summed E-state index contributed by atoms with van der Waals surface area (Å²) in [6.07, 6.45) is 0.